The lowest BCUT2D eigenvalue weighted by atomic mass is 9.92. The molecule has 3 atom stereocenters. The first-order valence-electron chi connectivity index (χ1n) is 7.25. The van der Waals surface area contributed by atoms with E-state index in [0.29, 0.717) is 13.2 Å². The summed E-state index contributed by atoms with van der Waals surface area (Å²) >= 11 is 0. The number of amides is 1. The van der Waals surface area contributed by atoms with Crippen molar-refractivity contribution in [3.8, 4) is 0 Å². The molecule has 2 unspecified atom stereocenters. The maximum Gasteiger partial charge on any atom is 0.326 e. The molecule has 0 spiro atoms. The third-order valence-corrected chi connectivity index (χ3v) is 3.92. The van der Waals surface area contributed by atoms with Crippen LogP contribution in [0.25, 0.3) is 0 Å². The summed E-state index contributed by atoms with van der Waals surface area (Å²) in [5, 5.41) is 12.0. The van der Waals surface area contributed by atoms with Crippen molar-refractivity contribution in [3.05, 3.63) is 35.9 Å². The zero-order chi connectivity index (χ0) is 15.2. The fourth-order valence-electron chi connectivity index (χ4n) is 2.58. The Labute approximate surface area is 124 Å². The van der Waals surface area contributed by atoms with E-state index >= 15 is 0 Å². The summed E-state index contributed by atoms with van der Waals surface area (Å²) in [5.41, 5.74) is 0.874. The molecule has 0 radical (unpaired) electrons. The quantitative estimate of drug-likeness (QED) is 0.867. The second-order valence-corrected chi connectivity index (χ2v) is 5.43. The zero-order valence-electron chi connectivity index (χ0n) is 12.1. The average Bonchev–Trinajstić information content (AvgIpc) is 2.53. The van der Waals surface area contributed by atoms with Crippen LogP contribution in [-0.4, -0.2) is 36.2 Å². The second kappa shape index (κ2) is 7.22. The van der Waals surface area contributed by atoms with Crippen molar-refractivity contribution < 1.29 is 19.4 Å². The molecule has 0 saturated carbocycles. The van der Waals surface area contributed by atoms with Gasteiger partial charge in [0.05, 0.1) is 12.5 Å². The van der Waals surface area contributed by atoms with Crippen LogP contribution in [0.4, 0.5) is 0 Å². The molecular formula is C16H21NO4. The lowest BCUT2D eigenvalue weighted by Crippen LogP contribution is -2.49. The van der Waals surface area contributed by atoms with Gasteiger partial charge in [-0.05, 0) is 25.3 Å². The van der Waals surface area contributed by atoms with Crippen molar-refractivity contribution in [3.63, 3.8) is 0 Å². The summed E-state index contributed by atoms with van der Waals surface area (Å²) in [7, 11) is 0. The van der Waals surface area contributed by atoms with Crippen LogP contribution in [0, 0.1) is 5.92 Å². The smallest absolute Gasteiger partial charge is 0.326 e. The molecule has 5 heteroatoms. The number of aliphatic carboxylic acids is 1. The van der Waals surface area contributed by atoms with Crippen molar-refractivity contribution in [2.24, 2.45) is 5.92 Å². The highest BCUT2D eigenvalue weighted by Crippen LogP contribution is 2.20. The van der Waals surface area contributed by atoms with Gasteiger partial charge in [-0.25, -0.2) is 4.79 Å². The van der Waals surface area contributed by atoms with E-state index < -0.39 is 12.0 Å². The van der Waals surface area contributed by atoms with E-state index in [9.17, 15) is 14.7 Å². The highest BCUT2D eigenvalue weighted by molar-refractivity contribution is 5.88. The first-order chi connectivity index (χ1) is 10.1. The molecule has 1 fully saturated rings. The molecule has 1 aromatic carbocycles. The summed E-state index contributed by atoms with van der Waals surface area (Å²) in [6, 6.07) is 8.45. The molecular weight excluding hydrogens is 270 g/mol. The predicted molar refractivity (Wildman–Crippen MR) is 78.0 cm³/mol. The second-order valence-electron chi connectivity index (χ2n) is 5.43. The third kappa shape index (κ3) is 4.04. The number of hydrogen-bond acceptors (Lipinski definition) is 3. The van der Waals surface area contributed by atoms with Gasteiger partial charge < -0.3 is 15.2 Å². The fourth-order valence-corrected chi connectivity index (χ4v) is 2.58. The van der Waals surface area contributed by atoms with Crippen LogP contribution < -0.4 is 5.32 Å². The lowest BCUT2D eigenvalue weighted by molar-refractivity contribution is -0.145. The van der Waals surface area contributed by atoms with Crippen molar-refractivity contribution in [1.29, 1.82) is 0 Å². The van der Waals surface area contributed by atoms with Crippen molar-refractivity contribution in [2.75, 3.05) is 13.2 Å². The minimum Gasteiger partial charge on any atom is -0.480 e. The summed E-state index contributed by atoms with van der Waals surface area (Å²) in [4.78, 5) is 23.7. The summed E-state index contributed by atoms with van der Waals surface area (Å²) < 4.78 is 5.33. The van der Waals surface area contributed by atoms with Crippen molar-refractivity contribution in [2.45, 2.75) is 31.7 Å². The molecule has 0 bridgehead atoms. The van der Waals surface area contributed by atoms with E-state index in [0.717, 1.165) is 18.4 Å². The van der Waals surface area contributed by atoms with E-state index in [1.807, 2.05) is 30.3 Å². The SMILES string of the molecule is C[C@@H](C(=O)NC(C(=O)O)C1CCCOC1)c1ccccc1. The van der Waals surface area contributed by atoms with Gasteiger partial charge in [0.1, 0.15) is 6.04 Å². The monoisotopic (exact) mass is 291 g/mol. The first kappa shape index (κ1) is 15.5. The Morgan fingerprint density at radius 3 is 2.62 bits per heavy atom. The van der Waals surface area contributed by atoms with Gasteiger partial charge >= 0.3 is 5.97 Å². The van der Waals surface area contributed by atoms with Crippen molar-refractivity contribution in [1.82, 2.24) is 5.32 Å². The van der Waals surface area contributed by atoms with Gasteiger partial charge in [0.15, 0.2) is 0 Å². The van der Waals surface area contributed by atoms with E-state index in [1.54, 1.807) is 6.92 Å². The number of carboxylic acid groups (broad SMARTS) is 1. The van der Waals surface area contributed by atoms with Crippen LogP contribution in [0.2, 0.25) is 0 Å². The zero-order valence-corrected chi connectivity index (χ0v) is 12.1. The first-order valence-corrected chi connectivity index (χ1v) is 7.25. The third-order valence-electron chi connectivity index (χ3n) is 3.92. The van der Waals surface area contributed by atoms with Gasteiger partial charge in [-0.15, -0.1) is 0 Å². The molecule has 1 heterocycles. The number of nitrogens with one attached hydrogen (secondary N) is 1. The van der Waals surface area contributed by atoms with Gasteiger partial charge in [-0.1, -0.05) is 30.3 Å². The van der Waals surface area contributed by atoms with E-state index in [1.165, 1.54) is 0 Å². The maximum atomic E-state index is 12.3. The number of carboxylic acids is 1. The minimum atomic E-state index is -1.00. The maximum absolute atomic E-state index is 12.3. The normalized spacial score (nSPS) is 21.3. The van der Waals surface area contributed by atoms with Gasteiger partial charge in [0, 0.05) is 12.5 Å². The molecule has 2 N–H and O–H groups in total. The number of ether oxygens (including phenoxy) is 1. The van der Waals surface area contributed by atoms with Gasteiger partial charge in [0.2, 0.25) is 5.91 Å². The Balaban J connectivity index is 2.02. The number of carbonyl (C=O) groups excluding carboxylic acids is 1. The molecule has 114 valence electrons. The molecule has 1 aliphatic rings. The molecule has 21 heavy (non-hydrogen) atoms. The number of benzene rings is 1. The van der Waals surface area contributed by atoms with E-state index in [4.69, 9.17) is 4.74 Å². The summed E-state index contributed by atoms with van der Waals surface area (Å²) in [6.07, 6.45) is 1.59. The highest BCUT2D eigenvalue weighted by Gasteiger charge is 2.32. The molecule has 1 aliphatic heterocycles. The van der Waals surface area contributed by atoms with Crippen LogP contribution >= 0.6 is 0 Å². The predicted octanol–water partition coefficient (Wildman–Crippen LogP) is 1.79. The van der Waals surface area contributed by atoms with Crippen LogP contribution in [0.5, 0.6) is 0 Å². The molecule has 5 nitrogen and oxygen atoms in total. The fraction of sp³-hybridized carbons (Fsp3) is 0.500. The van der Waals surface area contributed by atoms with E-state index in [2.05, 4.69) is 5.32 Å². The van der Waals surface area contributed by atoms with Gasteiger partial charge in [-0.2, -0.15) is 0 Å². The lowest BCUT2D eigenvalue weighted by Gasteiger charge is -2.29. The Bertz CT molecular complexity index is 482. The molecule has 0 aromatic heterocycles. The number of hydrogen-bond donors (Lipinski definition) is 2. The van der Waals surface area contributed by atoms with Gasteiger partial charge in [0.25, 0.3) is 0 Å². The molecule has 1 amide bonds. The highest BCUT2D eigenvalue weighted by atomic mass is 16.5. The molecule has 1 saturated heterocycles. The van der Waals surface area contributed by atoms with E-state index in [-0.39, 0.29) is 17.7 Å². The molecule has 0 aliphatic carbocycles. The Hall–Kier alpha value is -1.88. The Morgan fingerprint density at radius 2 is 2.05 bits per heavy atom. The number of carbonyl (C=O) groups is 2. The molecule has 1 aromatic rings. The topological polar surface area (TPSA) is 75.6 Å². The minimum absolute atomic E-state index is 0.164. The van der Waals surface area contributed by atoms with Crippen LogP contribution in [0.1, 0.15) is 31.2 Å². The molecule has 2 rings (SSSR count). The Kier molecular flexibility index (Phi) is 5.33. The Morgan fingerprint density at radius 1 is 1.33 bits per heavy atom. The average molecular weight is 291 g/mol. The number of rotatable bonds is 5. The van der Waals surface area contributed by atoms with Crippen LogP contribution in [0.3, 0.4) is 0 Å². The summed E-state index contributed by atoms with van der Waals surface area (Å²) in [5.74, 6) is -1.81. The largest absolute Gasteiger partial charge is 0.480 e. The van der Waals surface area contributed by atoms with Crippen molar-refractivity contribution >= 4 is 11.9 Å². The summed E-state index contributed by atoms with van der Waals surface area (Å²) in [6.45, 7) is 2.83. The van der Waals surface area contributed by atoms with Gasteiger partial charge in [-0.3, -0.25) is 4.79 Å². The standard InChI is InChI=1S/C16H21NO4/c1-11(12-6-3-2-4-7-12)15(18)17-14(16(19)20)13-8-5-9-21-10-13/h2-4,6-7,11,13-14H,5,8-10H2,1H3,(H,17,18)(H,19,20)/t11-,13?,14?/m1/s1. The van der Waals surface area contributed by atoms with Crippen LogP contribution in [0.15, 0.2) is 30.3 Å². The van der Waals surface area contributed by atoms with Crippen LogP contribution in [-0.2, 0) is 14.3 Å².